The van der Waals surface area contributed by atoms with Gasteiger partial charge >= 0.3 is 0 Å². The lowest BCUT2D eigenvalue weighted by atomic mass is 9.93. The first kappa shape index (κ1) is 10.7. The first-order chi connectivity index (χ1) is 8.24. The Bertz CT molecular complexity index is 313. The number of ether oxygens (including phenoxy) is 2. The van der Waals surface area contributed by atoms with Gasteiger partial charge in [-0.15, -0.1) is 0 Å². The Morgan fingerprint density at radius 1 is 1.24 bits per heavy atom. The highest BCUT2D eigenvalue weighted by Crippen LogP contribution is 2.39. The predicted molar refractivity (Wildman–Crippen MR) is 64.1 cm³/mol. The third kappa shape index (κ3) is 1.65. The van der Waals surface area contributed by atoms with Crippen molar-refractivity contribution in [1.82, 2.24) is 9.80 Å². The molecule has 5 aliphatic heterocycles. The third-order valence-electron chi connectivity index (χ3n) is 5.14. The molecule has 0 amide bonds. The SMILES string of the molecule is CN1CC2(CN3CC4CCC3CO4)CC1CO2. The van der Waals surface area contributed by atoms with E-state index in [1.807, 2.05) is 0 Å². The van der Waals surface area contributed by atoms with Crippen molar-refractivity contribution in [3.05, 3.63) is 0 Å². The van der Waals surface area contributed by atoms with E-state index in [4.69, 9.17) is 9.47 Å². The monoisotopic (exact) mass is 238 g/mol. The molecular formula is C13H22N2O2. The van der Waals surface area contributed by atoms with Crippen LogP contribution in [0.25, 0.3) is 0 Å². The Morgan fingerprint density at radius 3 is 2.71 bits per heavy atom. The average Bonchev–Trinajstić information content (AvgIpc) is 2.87. The topological polar surface area (TPSA) is 24.9 Å². The van der Waals surface area contributed by atoms with Crippen LogP contribution in [0, 0.1) is 0 Å². The van der Waals surface area contributed by atoms with E-state index >= 15 is 0 Å². The fraction of sp³-hybridized carbons (Fsp3) is 1.00. The number of hydrogen-bond donors (Lipinski definition) is 0. The summed E-state index contributed by atoms with van der Waals surface area (Å²) in [6, 6.07) is 1.33. The number of piperidine rings is 1. The van der Waals surface area contributed by atoms with Crippen LogP contribution in [0.15, 0.2) is 0 Å². The Hall–Kier alpha value is -0.160. The molecule has 0 radical (unpaired) electrons. The van der Waals surface area contributed by atoms with E-state index in [2.05, 4.69) is 16.8 Å². The zero-order chi connectivity index (χ0) is 11.5. The van der Waals surface area contributed by atoms with Crippen molar-refractivity contribution in [2.24, 2.45) is 0 Å². The molecule has 0 saturated carbocycles. The van der Waals surface area contributed by atoms with Gasteiger partial charge in [0.25, 0.3) is 0 Å². The summed E-state index contributed by atoms with van der Waals surface area (Å²) in [6.07, 6.45) is 4.31. The number of nitrogens with zero attached hydrogens (tertiary/aromatic N) is 2. The van der Waals surface area contributed by atoms with Gasteiger partial charge in [0.05, 0.1) is 24.9 Å². The fourth-order valence-corrected chi connectivity index (χ4v) is 4.16. The van der Waals surface area contributed by atoms with Crippen LogP contribution in [0.3, 0.4) is 0 Å². The summed E-state index contributed by atoms with van der Waals surface area (Å²) in [6.45, 7) is 5.25. The quantitative estimate of drug-likeness (QED) is 0.692. The average molecular weight is 238 g/mol. The summed E-state index contributed by atoms with van der Waals surface area (Å²) in [4.78, 5) is 5.11. The van der Waals surface area contributed by atoms with Crippen molar-refractivity contribution in [2.45, 2.75) is 43.1 Å². The number of morpholine rings is 2. The van der Waals surface area contributed by atoms with E-state index in [9.17, 15) is 0 Å². The second-order valence-electron chi connectivity index (χ2n) is 6.38. The van der Waals surface area contributed by atoms with Gasteiger partial charge < -0.3 is 9.47 Å². The highest BCUT2D eigenvalue weighted by Gasteiger charge is 2.51. The van der Waals surface area contributed by atoms with E-state index in [-0.39, 0.29) is 5.60 Å². The summed E-state index contributed by atoms with van der Waals surface area (Å²) in [5.74, 6) is 0. The maximum Gasteiger partial charge on any atom is 0.0951 e. The minimum absolute atomic E-state index is 0.136. The van der Waals surface area contributed by atoms with Crippen LogP contribution in [0.5, 0.6) is 0 Å². The van der Waals surface area contributed by atoms with Gasteiger partial charge in [-0.2, -0.15) is 0 Å². The van der Waals surface area contributed by atoms with Crippen molar-refractivity contribution in [3.63, 3.8) is 0 Å². The van der Waals surface area contributed by atoms with Crippen LogP contribution >= 0.6 is 0 Å². The normalized spacial score (nSPS) is 50.3. The van der Waals surface area contributed by atoms with Crippen molar-refractivity contribution in [1.29, 1.82) is 0 Å². The number of rotatable bonds is 2. The summed E-state index contributed by atoms with van der Waals surface area (Å²) < 4.78 is 11.9. The van der Waals surface area contributed by atoms with Gasteiger partial charge in [-0.25, -0.2) is 0 Å². The molecule has 4 atom stereocenters. The molecule has 5 saturated heterocycles. The van der Waals surface area contributed by atoms with Gasteiger partial charge in [-0.05, 0) is 26.3 Å². The van der Waals surface area contributed by atoms with Crippen LogP contribution in [0.1, 0.15) is 19.3 Å². The Labute approximate surface area is 103 Å². The van der Waals surface area contributed by atoms with Crippen LogP contribution in [-0.2, 0) is 9.47 Å². The Morgan fingerprint density at radius 2 is 2.18 bits per heavy atom. The van der Waals surface area contributed by atoms with E-state index in [1.165, 1.54) is 19.3 Å². The van der Waals surface area contributed by atoms with E-state index in [1.54, 1.807) is 0 Å². The lowest BCUT2D eigenvalue weighted by molar-refractivity contribution is -0.135. The summed E-state index contributed by atoms with van der Waals surface area (Å²) >= 11 is 0. The molecule has 0 spiro atoms. The molecule has 5 fully saturated rings. The maximum absolute atomic E-state index is 6.10. The van der Waals surface area contributed by atoms with Crippen LogP contribution in [-0.4, -0.2) is 73.5 Å². The molecule has 4 nitrogen and oxygen atoms in total. The molecule has 0 aliphatic carbocycles. The van der Waals surface area contributed by atoms with Gasteiger partial charge in [-0.3, -0.25) is 9.80 Å². The van der Waals surface area contributed by atoms with E-state index in [0.717, 1.165) is 32.8 Å². The minimum atomic E-state index is 0.136. The molecule has 0 aromatic carbocycles. The molecule has 96 valence electrons. The lowest BCUT2D eigenvalue weighted by Crippen LogP contribution is -2.59. The molecule has 0 aromatic heterocycles. The largest absolute Gasteiger partial charge is 0.375 e. The second kappa shape index (κ2) is 3.67. The maximum atomic E-state index is 6.10. The van der Waals surface area contributed by atoms with Crippen LogP contribution < -0.4 is 0 Å². The van der Waals surface area contributed by atoms with E-state index < -0.39 is 0 Å². The van der Waals surface area contributed by atoms with Crippen LogP contribution in [0.2, 0.25) is 0 Å². The smallest absolute Gasteiger partial charge is 0.0951 e. The van der Waals surface area contributed by atoms with Gasteiger partial charge in [0.15, 0.2) is 0 Å². The molecule has 5 heterocycles. The van der Waals surface area contributed by atoms with Gasteiger partial charge in [0.2, 0.25) is 0 Å². The molecule has 5 aliphatic rings. The zero-order valence-corrected chi connectivity index (χ0v) is 10.6. The van der Waals surface area contributed by atoms with Crippen molar-refractivity contribution >= 4 is 0 Å². The zero-order valence-electron chi connectivity index (χ0n) is 10.6. The number of hydrogen-bond acceptors (Lipinski definition) is 4. The fourth-order valence-electron chi connectivity index (χ4n) is 4.16. The Kier molecular flexibility index (Phi) is 2.32. The highest BCUT2D eigenvalue weighted by molar-refractivity contribution is 5.05. The lowest BCUT2D eigenvalue weighted by Gasteiger charge is -2.47. The minimum Gasteiger partial charge on any atom is -0.375 e. The van der Waals surface area contributed by atoms with Gasteiger partial charge in [0, 0.05) is 31.7 Å². The molecule has 17 heavy (non-hydrogen) atoms. The van der Waals surface area contributed by atoms with Gasteiger partial charge in [0.1, 0.15) is 0 Å². The van der Waals surface area contributed by atoms with E-state index in [0.29, 0.717) is 18.2 Å². The van der Waals surface area contributed by atoms with Crippen LogP contribution in [0.4, 0.5) is 0 Å². The second-order valence-corrected chi connectivity index (χ2v) is 6.38. The van der Waals surface area contributed by atoms with Gasteiger partial charge in [-0.1, -0.05) is 0 Å². The number of likely N-dealkylation sites (N-methyl/N-ethyl adjacent to an activating group) is 1. The van der Waals surface area contributed by atoms with Crippen molar-refractivity contribution in [3.8, 4) is 0 Å². The molecular weight excluding hydrogens is 216 g/mol. The molecule has 5 rings (SSSR count). The molecule has 0 N–H and O–H groups in total. The number of likely N-dealkylation sites (tertiary alicyclic amines) is 1. The number of fused-ring (bicyclic) bond motifs is 5. The molecule has 4 unspecified atom stereocenters. The van der Waals surface area contributed by atoms with Crippen molar-refractivity contribution in [2.75, 3.05) is 39.9 Å². The molecule has 0 aromatic rings. The highest BCUT2D eigenvalue weighted by atomic mass is 16.5. The Balaban J connectivity index is 1.47. The molecule has 4 heteroatoms. The first-order valence-corrected chi connectivity index (χ1v) is 6.94. The standard InChI is InChI=1S/C13H22N2O2/c1-14-8-13(4-11(14)7-17-13)9-15-5-12-3-2-10(15)6-16-12/h10-12H,2-9H2,1H3. The predicted octanol–water partition coefficient (Wildman–Crippen LogP) is 0.323. The summed E-state index contributed by atoms with van der Waals surface area (Å²) in [5, 5.41) is 0. The van der Waals surface area contributed by atoms with Crippen molar-refractivity contribution < 1.29 is 9.47 Å². The molecule has 4 bridgehead atoms. The first-order valence-electron chi connectivity index (χ1n) is 6.94. The summed E-state index contributed by atoms with van der Waals surface area (Å²) in [7, 11) is 2.24. The summed E-state index contributed by atoms with van der Waals surface area (Å²) in [5.41, 5.74) is 0.136. The third-order valence-corrected chi connectivity index (χ3v) is 5.14.